The van der Waals surface area contributed by atoms with E-state index in [-0.39, 0.29) is 32.6 Å². The van der Waals surface area contributed by atoms with Crippen LogP contribution in [0, 0.1) is 0 Å². The number of carboxylic acid groups (broad SMARTS) is 1. The van der Waals surface area contributed by atoms with Gasteiger partial charge < -0.3 is 34.3 Å². The molecule has 1 aliphatic rings. The van der Waals surface area contributed by atoms with Crippen LogP contribution in [0.4, 0.5) is 5.82 Å². The maximum Gasteiger partial charge on any atom is 0.337 e. The summed E-state index contributed by atoms with van der Waals surface area (Å²) in [5, 5.41) is 13.4. The second-order valence-electron chi connectivity index (χ2n) is 15.7. The number of rotatable bonds is 11. The first-order valence-corrected chi connectivity index (χ1v) is 21.7. The van der Waals surface area contributed by atoms with Crippen LogP contribution in [0.3, 0.4) is 0 Å². The van der Waals surface area contributed by atoms with Crippen LogP contribution >= 0.6 is 46.4 Å². The molecule has 3 aromatic heterocycles. The topological polar surface area (TPSA) is 174 Å². The van der Waals surface area contributed by atoms with Gasteiger partial charge in [-0.15, -0.1) is 0 Å². The summed E-state index contributed by atoms with van der Waals surface area (Å²) in [6.45, 7) is 8.35. The molecule has 4 aromatic carbocycles. The van der Waals surface area contributed by atoms with Crippen LogP contribution in [-0.2, 0) is 6.54 Å². The highest BCUT2D eigenvalue weighted by molar-refractivity contribution is 6.42. The fraction of sp³-hybridized carbons (Fsp3) is 0.255. The predicted octanol–water partition coefficient (Wildman–Crippen LogP) is 10.1. The molecule has 0 unspecified atom stereocenters. The number of ether oxygens (including phenoxy) is 4. The highest BCUT2D eigenvalue weighted by Gasteiger charge is 2.32. The molecule has 1 aliphatic heterocycles. The molecule has 0 bridgehead atoms. The summed E-state index contributed by atoms with van der Waals surface area (Å²) in [6.07, 6.45) is 7.79. The summed E-state index contributed by atoms with van der Waals surface area (Å²) in [5.41, 5.74) is 5.00. The van der Waals surface area contributed by atoms with Crippen molar-refractivity contribution >= 4 is 86.2 Å². The van der Waals surface area contributed by atoms with Crippen LogP contribution in [0.2, 0.25) is 20.1 Å². The Bertz CT molecular complexity index is 2920. The van der Waals surface area contributed by atoms with E-state index in [9.17, 15) is 14.7 Å². The number of hydrogen-bond acceptors (Lipinski definition) is 13. The van der Waals surface area contributed by atoms with E-state index in [0.29, 0.717) is 83.2 Å². The van der Waals surface area contributed by atoms with Gasteiger partial charge in [-0.25, -0.2) is 9.78 Å². The molecule has 4 heterocycles. The Morgan fingerprint density at radius 3 is 1.53 bits per heavy atom. The number of aromatic carboxylic acids is 1. The number of fused-ring (bicyclic) bond motifs is 2. The van der Waals surface area contributed by atoms with Gasteiger partial charge in [-0.05, 0) is 44.7 Å². The van der Waals surface area contributed by atoms with Gasteiger partial charge in [0.15, 0.2) is 0 Å². The molecule has 342 valence electrons. The predicted molar refractivity (Wildman–Crippen MR) is 257 cm³/mol. The fourth-order valence-corrected chi connectivity index (χ4v) is 9.25. The first-order valence-electron chi connectivity index (χ1n) is 20.2. The van der Waals surface area contributed by atoms with Crippen molar-refractivity contribution in [3.05, 3.63) is 116 Å². The van der Waals surface area contributed by atoms with Crippen molar-refractivity contribution in [2.24, 2.45) is 0 Å². The number of carbonyl (C=O) groups excluding carboxylic acids is 1. The number of hydrogen-bond donors (Lipinski definition) is 2. The maximum atomic E-state index is 13.4. The van der Waals surface area contributed by atoms with Crippen LogP contribution in [-0.4, -0.2) is 112 Å². The molecule has 0 atom stereocenters. The van der Waals surface area contributed by atoms with Gasteiger partial charge in [0.25, 0.3) is 5.91 Å². The number of carbonyl (C=O) groups is 2. The zero-order chi connectivity index (χ0) is 47.4. The van der Waals surface area contributed by atoms with E-state index in [1.807, 2.05) is 18.3 Å². The quantitative estimate of drug-likeness (QED) is 0.125. The van der Waals surface area contributed by atoms with Crippen LogP contribution in [0.25, 0.3) is 44.3 Å². The molecule has 1 fully saturated rings. The Labute approximate surface area is 400 Å². The second-order valence-corrected chi connectivity index (χ2v) is 17.2. The molecule has 1 saturated heterocycles. The maximum absolute atomic E-state index is 13.4. The molecule has 8 rings (SSSR count). The van der Waals surface area contributed by atoms with Gasteiger partial charge in [-0.3, -0.25) is 29.6 Å². The molecule has 0 aliphatic carbocycles. The molecular formula is C47H44Cl4N8O7. The highest BCUT2D eigenvalue weighted by atomic mass is 35.5. The van der Waals surface area contributed by atoms with E-state index in [4.69, 9.17) is 65.4 Å². The minimum Gasteiger partial charge on any atom is -0.495 e. The van der Waals surface area contributed by atoms with E-state index in [0.717, 1.165) is 31.7 Å². The van der Waals surface area contributed by atoms with Gasteiger partial charge in [0.1, 0.15) is 39.8 Å². The average Bonchev–Trinajstić information content (AvgIpc) is 3.30. The van der Waals surface area contributed by atoms with Gasteiger partial charge >= 0.3 is 5.97 Å². The van der Waals surface area contributed by atoms with Gasteiger partial charge in [0.2, 0.25) is 0 Å². The van der Waals surface area contributed by atoms with Crippen LogP contribution in [0.15, 0.2) is 79.5 Å². The summed E-state index contributed by atoms with van der Waals surface area (Å²) in [7, 11) is 8.13. The molecule has 0 radical (unpaired) electrons. The lowest BCUT2D eigenvalue weighted by atomic mass is 9.98. The Balaban J connectivity index is 0.000000221. The molecule has 1 amide bonds. The summed E-state index contributed by atoms with van der Waals surface area (Å²) >= 11 is 26.3. The van der Waals surface area contributed by atoms with Crippen molar-refractivity contribution in [3.8, 4) is 45.3 Å². The molecular weight excluding hydrogens is 930 g/mol. The monoisotopic (exact) mass is 972 g/mol. The summed E-state index contributed by atoms with van der Waals surface area (Å²) < 4.78 is 21.4. The minimum atomic E-state index is -1.10. The number of aromatic nitrogens is 5. The average molecular weight is 975 g/mol. The standard InChI is InChI=1S/C30H32Cl2N6O3.C17H12Cl2N2O4/c1-30(2)17-37(3)12-13-38(30)16-18-6-9-23(35-15-18)36-29(39)20-8-7-19(27-28(20)34-11-10-33-27)24-25(31)21(40-4)14-22(41-5)26(24)32;1-24-10-7-11(25-2)14(19)12(13(10)18)8-3-4-9(17(22)23)16-15(8)20-5-6-21-16/h6-11,14-15H,12-13,16-17H2,1-5H3,(H,35,36,39);3-7H,1-2H3,(H,22,23). The second kappa shape index (κ2) is 20.2. The van der Waals surface area contributed by atoms with E-state index >= 15 is 0 Å². The zero-order valence-corrected chi connectivity index (χ0v) is 39.9. The number of amides is 1. The van der Waals surface area contributed by atoms with Crippen molar-refractivity contribution < 1.29 is 33.6 Å². The number of carboxylic acids is 1. The van der Waals surface area contributed by atoms with Crippen molar-refractivity contribution in [1.29, 1.82) is 0 Å². The zero-order valence-electron chi connectivity index (χ0n) is 36.9. The number of piperazine rings is 1. The van der Waals surface area contributed by atoms with E-state index in [1.54, 1.807) is 36.5 Å². The Morgan fingerprint density at radius 1 is 0.652 bits per heavy atom. The lowest BCUT2D eigenvalue weighted by molar-refractivity contribution is 0.0253. The molecule has 66 heavy (non-hydrogen) atoms. The number of benzene rings is 4. The third kappa shape index (κ3) is 9.59. The molecule has 19 heteroatoms. The number of methoxy groups -OCH3 is 4. The summed E-state index contributed by atoms with van der Waals surface area (Å²) in [5.74, 6) is 0.524. The third-order valence-corrected chi connectivity index (χ3v) is 12.6. The lowest BCUT2D eigenvalue weighted by Crippen LogP contribution is -2.57. The van der Waals surface area contributed by atoms with E-state index < -0.39 is 5.97 Å². The summed E-state index contributed by atoms with van der Waals surface area (Å²) in [4.78, 5) is 51.6. The van der Waals surface area contributed by atoms with Crippen molar-refractivity contribution in [2.45, 2.75) is 25.9 Å². The number of pyridine rings is 1. The van der Waals surface area contributed by atoms with Crippen molar-refractivity contribution in [1.82, 2.24) is 34.7 Å². The van der Waals surface area contributed by atoms with Crippen LogP contribution < -0.4 is 24.3 Å². The molecule has 0 spiro atoms. The van der Waals surface area contributed by atoms with Crippen molar-refractivity contribution in [3.63, 3.8) is 0 Å². The molecule has 2 N–H and O–H groups in total. The Hall–Kier alpha value is -6.07. The normalized spacial score (nSPS) is 13.7. The number of anilines is 1. The van der Waals surface area contributed by atoms with Gasteiger partial charge in [0, 0.05) is 97.1 Å². The van der Waals surface area contributed by atoms with E-state index in [2.05, 4.69) is 60.9 Å². The first-order chi connectivity index (χ1) is 31.6. The van der Waals surface area contributed by atoms with Gasteiger partial charge in [-0.1, -0.05) is 64.6 Å². The first kappa shape index (κ1) is 47.9. The highest BCUT2D eigenvalue weighted by Crippen LogP contribution is 2.49. The molecule has 15 nitrogen and oxygen atoms in total. The third-order valence-electron chi connectivity index (χ3n) is 11.1. The summed E-state index contributed by atoms with van der Waals surface area (Å²) in [6, 6.07) is 13.5. The van der Waals surface area contributed by atoms with Crippen LogP contribution in [0.5, 0.6) is 23.0 Å². The number of nitrogens with one attached hydrogen (secondary N) is 1. The smallest absolute Gasteiger partial charge is 0.337 e. The Kier molecular flexibility index (Phi) is 14.7. The number of halogens is 4. The van der Waals surface area contributed by atoms with Gasteiger partial charge in [0.05, 0.1) is 70.7 Å². The number of likely N-dealkylation sites (N-methyl/N-ethyl adjacent to an activating group) is 1. The molecule has 0 saturated carbocycles. The Morgan fingerprint density at radius 2 is 1.11 bits per heavy atom. The van der Waals surface area contributed by atoms with Gasteiger partial charge in [-0.2, -0.15) is 0 Å². The fourth-order valence-electron chi connectivity index (χ4n) is 7.84. The van der Waals surface area contributed by atoms with Crippen LogP contribution in [0.1, 0.15) is 40.1 Å². The number of nitrogens with zero attached hydrogens (tertiary/aromatic N) is 7. The van der Waals surface area contributed by atoms with Crippen molar-refractivity contribution in [2.75, 3.05) is 60.4 Å². The SMILES string of the molecule is COc1cc(OC)c(Cl)c(-c2ccc(C(=O)Nc3ccc(CN4CCN(C)CC4(C)C)cn3)c3nccnc23)c1Cl.COc1cc(OC)c(Cl)c(-c2ccc(C(=O)O)c3nccnc23)c1Cl. The lowest BCUT2D eigenvalue weighted by Gasteiger charge is -2.46. The minimum absolute atomic E-state index is 0.0361. The molecule has 7 aromatic rings. The van der Waals surface area contributed by atoms with E-state index in [1.165, 1.54) is 53.1 Å². The largest absolute Gasteiger partial charge is 0.495 e.